The Morgan fingerprint density at radius 1 is 0.662 bits per heavy atom. The van der Waals surface area contributed by atoms with Crippen molar-refractivity contribution in [2.75, 3.05) is 31.6 Å². The number of imidazole rings is 1. The number of carboxylic acid groups (broad SMARTS) is 2. The number of para-hydroxylation sites is 1. The fraction of sp³-hybridized carbons (Fsp3) is 0.460. The number of rotatable bonds is 35. The summed E-state index contributed by atoms with van der Waals surface area (Å²) in [5, 5.41) is 38.1. The zero-order valence-electron chi connectivity index (χ0n) is 42.8. The second-order valence-electron chi connectivity index (χ2n) is 18.1. The first-order chi connectivity index (χ1) is 36.9. The van der Waals surface area contributed by atoms with E-state index < -0.39 is 109 Å². The molecule has 0 saturated heterocycles. The van der Waals surface area contributed by atoms with Crippen LogP contribution in [-0.2, 0) is 62.4 Å². The molecule has 2 aromatic heterocycles. The normalized spacial score (nSPS) is 13.8. The number of amides is 7. The van der Waals surface area contributed by atoms with Gasteiger partial charge in [-0.2, -0.15) is 11.8 Å². The maximum absolute atomic E-state index is 14.7. The third kappa shape index (κ3) is 21.6. The number of carboxylic acids is 2. The van der Waals surface area contributed by atoms with Gasteiger partial charge in [-0.3, -0.25) is 43.3 Å². The number of fused-ring (bicyclic) bond motifs is 1. The van der Waals surface area contributed by atoms with E-state index in [-0.39, 0.29) is 63.9 Å². The van der Waals surface area contributed by atoms with E-state index in [0.717, 1.165) is 10.9 Å². The zero-order chi connectivity index (χ0) is 56.3. The zero-order valence-corrected chi connectivity index (χ0v) is 43.6. The number of hydrogen-bond donors (Lipinski definition) is 15. The fourth-order valence-electron chi connectivity index (χ4n) is 7.95. The number of nitrogens with one attached hydrogen (secondary N) is 9. The van der Waals surface area contributed by atoms with Crippen molar-refractivity contribution in [2.45, 2.75) is 113 Å². The Morgan fingerprint density at radius 3 is 1.88 bits per heavy atom. The Morgan fingerprint density at radius 2 is 1.26 bits per heavy atom. The molecule has 0 saturated carbocycles. The van der Waals surface area contributed by atoms with E-state index in [1.54, 1.807) is 54.7 Å². The number of nitrogens with two attached hydrogens (primary N) is 4. The molecule has 2 heterocycles. The van der Waals surface area contributed by atoms with Crippen LogP contribution in [0.25, 0.3) is 10.9 Å². The number of benzene rings is 2. The average molecular weight is 1090 g/mol. The highest BCUT2D eigenvalue weighted by molar-refractivity contribution is 7.98. The van der Waals surface area contributed by atoms with Gasteiger partial charge in [0, 0.05) is 61.2 Å². The molecule has 27 heteroatoms. The van der Waals surface area contributed by atoms with Crippen LogP contribution in [0, 0.1) is 0 Å². The van der Waals surface area contributed by atoms with E-state index in [9.17, 15) is 53.4 Å². The Kier molecular flexibility index (Phi) is 25.9. The number of carbonyl (C=O) groups excluding carboxylic acids is 7. The minimum absolute atomic E-state index is 0.0245. The number of thioether (sulfide) groups is 1. The lowest BCUT2D eigenvalue weighted by molar-refractivity contribution is -0.142. The first-order valence-corrected chi connectivity index (χ1v) is 26.4. The molecule has 0 aliphatic rings. The molecule has 0 aliphatic carbocycles. The predicted octanol–water partition coefficient (Wildman–Crippen LogP) is -1.84. The fourth-order valence-corrected chi connectivity index (χ4v) is 8.44. The average Bonchev–Trinajstić information content (AvgIpc) is 4.08. The highest BCUT2D eigenvalue weighted by Gasteiger charge is 2.34. The molecule has 0 radical (unpaired) electrons. The number of hydrogen-bond acceptors (Lipinski definition) is 14. The SMILES string of the molecule is CSCCC(N)C(=O)NC(CCC(=O)O)C(=O)NC(Cc1cnc[nH]1)C(=O)NC(Cc1ccccc1)C(=O)NC(CCCN=C(N)N)C(=O)NC(Cc1c[nH]c2ccccc12)C(=O)NCC(=O)NC(CCCCN)C(=O)O. The smallest absolute Gasteiger partial charge is 0.326 e. The summed E-state index contributed by atoms with van der Waals surface area (Å²) in [6.07, 6.45) is 6.26. The van der Waals surface area contributed by atoms with Gasteiger partial charge in [0.2, 0.25) is 41.4 Å². The maximum atomic E-state index is 14.7. The minimum atomic E-state index is -1.46. The van der Waals surface area contributed by atoms with Crippen LogP contribution in [0.3, 0.4) is 0 Å². The van der Waals surface area contributed by atoms with Gasteiger partial charge in [-0.15, -0.1) is 0 Å². The van der Waals surface area contributed by atoms with Gasteiger partial charge in [0.05, 0.1) is 18.9 Å². The van der Waals surface area contributed by atoms with Crippen LogP contribution >= 0.6 is 11.8 Å². The lowest BCUT2D eigenvalue weighted by atomic mass is 10.0. The van der Waals surface area contributed by atoms with Crippen molar-refractivity contribution in [3.8, 4) is 0 Å². The van der Waals surface area contributed by atoms with E-state index >= 15 is 0 Å². The van der Waals surface area contributed by atoms with E-state index in [1.165, 1.54) is 24.3 Å². The largest absolute Gasteiger partial charge is 0.481 e. The van der Waals surface area contributed by atoms with Crippen molar-refractivity contribution in [3.05, 3.63) is 90.1 Å². The highest BCUT2D eigenvalue weighted by atomic mass is 32.2. The van der Waals surface area contributed by atoms with Crippen LogP contribution in [0.15, 0.2) is 78.3 Å². The maximum Gasteiger partial charge on any atom is 0.326 e. The second-order valence-corrected chi connectivity index (χ2v) is 19.1. The topological polar surface area (TPSA) is 439 Å². The summed E-state index contributed by atoms with van der Waals surface area (Å²) in [6, 6.07) is 6.39. The van der Waals surface area contributed by atoms with Gasteiger partial charge in [0.1, 0.15) is 36.3 Å². The summed E-state index contributed by atoms with van der Waals surface area (Å²) in [6.45, 7) is -0.290. The molecule has 19 N–H and O–H groups in total. The molecule has 418 valence electrons. The summed E-state index contributed by atoms with van der Waals surface area (Å²) in [4.78, 5) is 135. The van der Waals surface area contributed by atoms with Crippen molar-refractivity contribution in [1.29, 1.82) is 0 Å². The number of aliphatic imine (C=N–C) groups is 1. The van der Waals surface area contributed by atoms with Gasteiger partial charge in [-0.05, 0) is 80.7 Å². The van der Waals surface area contributed by atoms with Gasteiger partial charge in [0.15, 0.2) is 5.96 Å². The first kappa shape index (κ1) is 61.5. The second kappa shape index (κ2) is 32.4. The molecule has 4 rings (SSSR count). The van der Waals surface area contributed by atoms with Crippen LogP contribution < -0.4 is 60.2 Å². The van der Waals surface area contributed by atoms with Gasteiger partial charge >= 0.3 is 11.9 Å². The lowest BCUT2D eigenvalue weighted by Crippen LogP contribution is -2.60. The van der Waals surface area contributed by atoms with Crippen molar-refractivity contribution >= 4 is 81.9 Å². The van der Waals surface area contributed by atoms with Crippen LogP contribution in [-0.4, -0.2) is 158 Å². The number of guanidine groups is 1. The number of aromatic amines is 2. The molecule has 7 atom stereocenters. The predicted molar refractivity (Wildman–Crippen MR) is 287 cm³/mol. The van der Waals surface area contributed by atoms with Gasteiger partial charge in [0.25, 0.3) is 0 Å². The number of nitrogens with zero attached hydrogens (tertiary/aromatic N) is 2. The summed E-state index contributed by atoms with van der Waals surface area (Å²) in [5.41, 5.74) is 25.0. The highest BCUT2D eigenvalue weighted by Crippen LogP contribution is 2.20. The van der Waals surface area contributed by atoms with E-state index in [0.29, 0.717) is 42.0 Å². The van der Waals surface area contributed by atoms with Gasteiger partial charge in [-0.1, -0.05) is 48.5 Å². The van der Waals surface area contributed by atoms with Crippen LogP contribution in [0.1, 0.15) is 68.2 Å². The number of aromatic nitrogens is 3. The van der Waals surface area contributed by atoms with Crippen LogP contribution in [0.2, 0.25) is 0 Å². The number of aliphatic carboxylic acids is 2. The summed E-state index contributed by atoms with van der Waals surface area (Å²) >= 11 is 1.45. The Labute approximate surface area is 448 Å². The molecular weight excluding hydrogens is 1020 g/mol. The summed E-state index contributed by atoms with van der Waals surface area (Å²) in [7, 11) is 0. The number of unbranched alkanes of at least 4 members (excludes halogenated alkanes) is 1. The van der Waals surface area contributed by atoms with E-state index in [2.05, 4.69) is 57.2 Å². The molecule has 2 aromatic carbocycles. The minimum Gasteiger partial charge on any atom is -0.481 e. The van der Waals surface area contributed by atoms with Gasteiger partial charge in [-0.25, -0.2) is 9.78 Å². The monoisotopic (exact) mass is 1090 g/mol. The van der Waals surface area contributed by atoms with E-state index in [4.69, 9.17) is 22.9 Å². The van der Waals surface area contributed by atoms with Crippen LogP contribution in [0.4, 0.5) is 0 Å². The van der Waals surface area contributed by atoms with Crippen molar-refractivity contribution in [1.82, 2.24) is 52.2 Å². The Hall–Kier alpha value is -8.04. The molecule has 4 aromatic rings. The number of carbonyl (C=O) groups is 9. The van der Waals surface area contributed by atoms with Crippen molar-refractivity contribution in [3.63, 3.8) is 0 Å². The van der Waals surface area contributed by atoms with Gasteiger partial charge < -0.3 is 80.3 Å². The molecule has 0 fully saturated rings. The first-order valence-electron chi connectivity index (χ1n) is 25.0. The third-order valence-corrected chi connectivity index (χ3v) is 12.7. The van der Waals surface area contributed by atoms with Crippen LogP contribution in [0.5, 0.6) is 0 Å². The standard InChI is InChI=1S/C50H71N15O11S/c1-77-21-18-33(52)43(69)61-36(16-17-42(67)68)46(72)65-40(24-31-26-55-28-59-31)48(74)63-38(22-29-10-3-2-4-11-29)47(73)62-35(15-9-20-56-50(53)54)45(71)64-39(23-30-25-57-34-13-6-5-12-32(30)34)44(70)58-27-41(66)60-37(49(75)76)14-7-8-19-51/h2-6,10-13,25-26,28,33,35-40,57H,7-9,14-24,27,51-52H2,1H3,(H,55,59)(H,58,70)(H,60,66)(H,61,69)(H,62,73)(H,63,74)(H,64,71)(H,65,72)(H,67,68)(H,75,76)(H4,53,54,56). The Bertz CT molecular complexity index is 2610. The molecular formula is C50H71N15O11S. The number of H-pyrrole nitrogens is 2. The molecule has 77 heavy (non-hydrogen) atoms. The van der Waals surface area contributed by atoms with Crippen molar-refractivity contribution < 1.29 is 53.4 Å². The quantitative estimate of drug-likeness (QED) is 0.0137. The molecule has 0 aliphatic heterocycles. The molecule has 26 nitrogen and oxygen atoms in total. The molecule has 7 unspecified atom stereocenters. The van der Waals surface area contributed by atoms with Crippen molar-refractivity contribution in [2.24, 2.45) is 27.9 Å². The molecule has 0 spiro atoms. The van der Waals surface area contributed by atoms with E-state index in [1.807, 2.05) is 12.3 Å². The summed E-state index contributed by atoms with van der Waals surface area (Å²) < 4.78 is 0. The molecule has 7 amide bonds. The third-order valence-electron chi connectivity index (χ3n) is 12.1. The lowest BCUT2D eigenvalue weighted by Gasteiger charge is -2.27. The summed E-state index contributed by atoms with van der Waals surface area (Å²) in [5.74, 6) is -8.04. The molecule has 0 bridgehead atoms. The Balaban J connectivity index is 1.65.